The number of halogens is 3. The molecule has 0 saturated heterocycles. The Labute approximate surface area is 200 Å². The molecule has 0 bridgehead atoms. The average molecular weight is 477 g/mol. The molecular weight excluding hydrogens is 455 g/mol. The Kier molecular flexibility index (Phi) is 6.47. The second-order valence-corrected chi connectivity index (χ2v) is 8.23. The van der Waals surface area contributed by atoms with Gasteiger partial charge in [-0.25, -0.2) is 13.2 Å². The van der Waals surface area contributed by atoms with Gasteiger partial charge in [-0.15, -0.1) is 0 Å². The van der Waals surface area contributed by atoms with Crippen LogP contribution in [-0.2, 0) is 0 Å². The number of rotatable bonds is 4. The molecule has 2 aromatic carbocycles. The summed E-state index contributed by atoms with van der Waals surface area (Å²) in [6, 6.07) is 10.1. The molecule has 0 saturated carbocycles. The van der Waals surface area contributed by atoms with Crippen LogP contribution in [0.5, 0.6) is 0 Å². The van der Waals surface area contributed by atoms with Crippen molar-refractivity contribution in [1.29, 1.82) is 5.26 Å². The standard InChI is InChI=1S/C26H22F3N5O/c1-14-24(31)23(25(32-2)16-7-20(28)11-21(29)8-16)3-4-34(14)26(35)17-5-15(6-19(27)9-17)18-10-22(12-30)33-13-18/h5-11,13-14,33H,3-4,31H2,1-2H3. The van der Waals surface area contributed by atoms with Gasteiger partial charge in [-0.2, -0.15) is 5.26 Å². The molecule has 35 heavy (non-hydrogen) atoms. The predicted molar refractivity (Wildman–Crippen MR) is 126 cm³/mol. The summed E-state index contributed by atoms with van der Waals surface area (Å²) in [6.07, 6.45) is 1.87. The summed E-state index contributed by atoms with van der Waals surface area (Å²) < 4.78 is 42.0. The second kappa shape index (κ2) is 9.50. The number of hydrogen-bond acceptors (Lipinski definition) is 4. The van der Waals surface area contributed by atoms with Crippen LogP contribution in [0.1, 0.15) is 35.0 Å². The number of carbonyl (C=O) groups is 1. The first-order valence-electron chi connectivity index (χ1n) is 10.8. The molecule has 1 unspecified atom stereocenters. The number of carbonyl (C=O) groups excluding carboxylic acids is 1. The van der Waals surface area contributed by atoms with Crippen LogP contribution in [0.25, 0.3) is 11.1 Å². The van der Waals surface area contributed by atoms with Crippen LogP contribution >= 0.6 is 0 Å². The fourth-order valence-electron chi connectivity index (χ4n) is 4.32. The Bertz CT molecular complexity index is 1400. The van der Waals surface area contributed by atoms with Crippen molar-refractivity contribution in [3.8, 4) is 17.2 Å². The number of aromatic nitrogens is 1. The Hall–Kier alpha value is -4.32. The number of benzene rings is 2. The number of hydrogen-bond donors (Lipinski definition) is 2. The molecule has 0 aliphatic carbocycles. The fraction of sp³-hybridized carbons (Fsp3) is 0.192. The highest BCUT2D eigenvalue weighted by Crippen LogP contribution is 2.28. The summed E-state index contributed by atoms with van der Waals surface area (Å²) in [5.41, 5.74) is 9.44. The largest absolute Gasteiger partial charge is 0.400 e. The third-order valence-electron chi connectivity index (χ3n) is 6.06. The first-order valence-corrected chi connectivity index (χ1v) is 10.8. The van der Waals surface area contributed by atoms with E-state index in [0.29, 0.717) is 40.2 Å². The lowest BCUT2D eigenvalue weighted by molar-refractivity contribution is 0.0706. The van der Waals surface area contributed by atoms with Crippen LogP contribution in [-0.4, -0.2) is 41.1 Å². The number of nitrogens with zero attached hydrogens (tertiary/aromatic N) is 3. The summed E-state index contributed by atoms with van der Waals surface area (Å²) in [7, 11) is 1.51. The maximum atomic E-state index is 14.4. The van der Waals surface area contributed by atoms with E-state index < -0.39 is 29.4 Å². The quantitative estimate of drug-likeness (QED) is 0.540. The van der Waals surface area contributed by atoms with Gasteiger partial charge < -0.3 is 15.6 Å². The number of nitrogens with one attached hydrogen (secondary N) is 1. The Morgan fingerprint density at radius 2 is 1.71 bits per heavy atom. The Balaban J connectivity index is 1.65. The summed E-state index contributed by atoms with van der Waals surface area (Å²) in [6.45, 7) is 1.98. The maximum absolute atomic E-state index is 14.4. The molecular formula is C26H22F3N5O. The molecule has 1 aliphatic heterocycles. The van der Waals surface area contributed by atoms with Gasteiger partial charge in [-0.1, -0.05) is 0 Å². The van der Waals surface area contributed by atoms with Gasteiger partial charge in [0.1, 0.15) is 29.2 Å². The van der Waals surface area contributed by atoms with E-state index in [1.54, 1.807) is 25.3 Å². The highest BCUT2D eigenvalue weighted by Gasteiger charge is 2.31. The van der Waals surface area contributed by atoms with Crippen molar-refractivity contribution >= 4 is 11.6 Å². The van der Waals surface area contributed by atoms with Gasteiger partial charge in [-0.05, 0) is 55.3 Å². The zero-order valence-electron chi connectivity index (χ0n) is 19.1. The minimum Gasteiger partial charge on any atom is -0.400 e. The summed E-state index contributed by atoms with van der Waals surface area (Å²) in [4.78, 5) is 21.9. The number of aromatic amines is 1. The number of aliphatic imine (C=N–C) groups is 1. The summed E-state index contributed by atoms with van der Waals surface area (Å²) in [5.74, 6) is -2.46. The molecule has 0 radical (unpaired) electrons. The molecule has 4 rings (SSSR count). The molecule has 1 aromatic heterocycles. The van der Waals surface area contributed by atoms with Crippen molar-refractivity contribution in [3.63, 3.8) is 0 Å². The van der Waals surface area contributed by atoms with E-state index in [1.165, 1.54) is 30.1 Å². The molecule has 178 valence electrons. The van der Waals surface area contributed by atoms with Gasteiger partial charge in [0.25, 0.3) is 5.91 Å². The molecule has 3 aromatic rings. The molecule has 6 nitrogen and oxygen atoms in total. The molecule has 1 aliphatic rings. The van der Waals surface area contributed by atoms with Crippen LogP contribution < -0.4 is 5.73 Å². The predicted octanol–water partition coefficient (Wildman–Crippen LogP) is 4.54. The van der Waals surface area contributed by atoms with E-state index in [9.17, 15) is 18.0 Å². The third kappa shape index (κ3) is 4.68. The van der Waals surface area contributed by atoms with Crippen molar-refractivity contribution in [2.24, 2.45) is 10.7 Å². The van der Waals surface area contributed by atoms with Crippen LogP contribution in [0.3, 0.4) is 0 Å². The topological polar surface area (TPSA) is 98.3 Å². The minimum atomic E-state index is -0.729. The number of nitrogens with two attached hydrogens (primary N) is 1. The summed E-state index contributed by atoms with van der Waals surface area (Å²) in [5, 5.41) is 9.02. The normalized spacial score (nSPS) is 16.4. The molecule has 1 atom stereocenters. The lowest BCUT2D eigenvalue weighted by Gasteiger charge is -2.36. The SMILES string of the molecule is CN=C(C1=C(N)C(C)N(C(=O)c2cc(F)cc(-c3c[nH]c(C#N)c3)c2)CC1)c1cc(F)cc(F)c1. The maximum Gasteiger partial charge on any atom is 0.254 e. The third-order valence-corrected chi connectivity index (χ3v) is 6.06. The fourth-order valence-corrected chi connectivity index (χ4v) is 4.32. The average Bonchev–Trinajstić information content (AvgIpc) is 3.30. The van der Waals surface area contributed by atoms with E-state index in [0.717, 1.165) is 12.1 Å². The minimum absolute atomic E-state index is 0.138. The van der Waals surface area contributed by atoms with Gasteiger partial charge in [0.05, 0.1) is 11.8 Å². The molecule has 9 heteroatoms. The van der Waals surface area contributed by atoms with Gasteiger partial charge in [0, 0.05) is 53.8 Å². The molecule has 2 heterocycles. The van der Waals surface area contributed by atoms with Gasteiger partial charge in [0.2, 0.25) is 0 Å². The van der Waals surface area contributed by atoms with Crippen LogP contribution in [0.4, 0.5) is 13.2 Å². The van der Waals surface area contributed by atoms with Crippen molar-refractivity contribution in [1.82, 2.24) is 9.88 Å². The lowest BCUT2D eigenvalue weighted by Crippen LogP contribution is -2.46. The van der Waals surface area contributed by atoms with E-state index in [1.807, 2.05) is 6.07 Å². The number of amides is 1. The Morgan fingerprint density at radius 1 is 1.06 bits per heavy atom. The first-order chi connectivity index (χ1) is 16.7. The zero-order chi connectivity index (χ0) is 25.3. The highest BCUT2D eigenvalue weighted by atomic mass is 19.1. The van der Waals surface area contributed by atoms with Crippen molar-refractivity contribution in [2.75, 3.05) is 13.6 Å². The summed E-state index contributed by atoms with van der Waals surface area (Å²) >= 11 is 0. The van der Waals surface area contributed by atoms with Crippen LogP contribution in [0.15, 0.2) is 64.9 Å². The molecule has 3 N–H and O–H groups in total. The molecule has 0 spiro atoms. The molecule has 0 fully saturated rings. The zero-order valence-corrected chi connectivity index (χ0v) is 19.1. The van der Waals surface area contributed by atoms with Crippen molar-refractivity contribution in [3.05, 3.63) is 94.2 Å². The molecule has 1 amide bonds. The number of H-pyrrole nitrogens is 1. The monoisotopic (exact) mass is 477 g/mol. The second-order valence-electron chi connectivity index (χ2n) is 8.23. The van der Waals surface area contributed by atoms with Crippen LogP contribution in [0.2, 0.25) is 0 Å². The van der Waals surface area contributed by atoms with Gasteiger partial charge in [0.15, 0.2) is 0 Å². The van der Waals surface area contributed by atoms with E-state index >= 15 is 0 Å². The first kappa shape index (κ1) is 23.8. The van der Waals surface area contributed by atoms with E-state index in [-0.39, 0.29) is 17.7 Å². The van der Waals surface area contributed by atoms with E-state index in [4.69, 9.17) is 11.0 Å². The van der Waals surface area contributed by atoms with Crippen molar-refractivity contribution < 1.29 is 18.0 Å². The van der Waals surface area contributed by atoms with Crippen LogP contribution in [0, 0.1) is 28.8 Å². The number of nitriles is 1. The van der Waals surface area contributed by atoms with Crippen molar-refractivity contribution in [2.45, 2.75) is 19.4 Å². The van der Waals surface area contributed by atoms with E-state index in [2.05, 4.69) is 9.98 Å². The van der Waals surface area contributed by atoms with Gasteiger partial charge in [-0.3, -0.25) is 9.79 Å². The van der Waals surface area contributed by atoms with Gasteiger partial charge >= 0.3 is 0 Å². The Morgan fingerprint density at radius 3 is 2.34 bits per heavy atom. The highest BCUT2D eigenvalue weighted by molar-refractivity contribution is 6.13. The smallest absolute Gasteiger partial charge is 0.254 e. The lowest BCUT2D eigenvalue weighted by atomic mass is 9.91.